The highest BCUT2D eigenvalue weighted by Gasteiger charge is 2.45. The maximum atomic E-state index is 10.6. The predicted octanol–water partition coefficient (Wildman–Crippen LogP) is 4.69. The summed E-state index contributed by atoms with van der Waals surface area (Å²) in [4.78, 5) is 10.6. The van der Waals surface area contributed by atoms with Gasteiger partial charge in [0.25, 0.3) is 0 Å². The van der Waals surface area contributed by atoms with Crippen molar-refractivity contribution in [2.45, 2.75) is 96.0 Å². The molecule has 4 heteroatoms. The number of hydrogen-bond donors (Lipinski definition) is 3. The SMILES string of the molecule is O=C(O)CCCC=C1C[C@H]2C[C@@H](O)[C@H](CCCCCCCCCO)[C@H]2C1. The fourth-order valence-corrected chi connectivity index (χ4v) is 5.08. The van der Waals surface area contributed by atoms with E-state index in [9.17, 15) is 9.90 Å². The van der Waals surface area contributed by atoms with Crippen LogP contribution in [-0.4, -0.2) is 34.0 Å². The quantitative estimate of drug-likeness (QED) is 0.326. The topological polar surface area (TPSA) is 77.8 Å². The molecule has 0 amide bonds. The fourth-order valence-electron chi connectivity index (χ4n) is 5.08. The molecule has 0 aromatic rings. The first-order valence-corrected chi connectivity index (χ1v) is 10.8. The molecule has 2 saturated carbocycles. The highest BCUT2D eigenvalue weighted by atomic mass is 16.4. The second-order valence-corrected chi connectivity index (χ2v) is 8.43. The lowest BCUT2D eigenvalue weighted by Gasteiger charge is -2.21. The van der Waals surface area contributed by atoms with Gasteiger partial charge in [0.15, 0.2) is 0 Å². The van der Waals surface area contributed by atoms with Crippen LogP contribution in [0.2, 0.25) is 0 Å². The molecule has 4 atom stereocenters. The largest absolute Gasteiger partial charge is 0.481 e. The Kier molecular flexibility index (Phi) is 9.69. The van der Waals surface area contributed by atoms with Gasteiger partial charge in [-0.25, -0.2) is 0 Å². The summed E-state index contributed by atoms with van der Waals surface area (Å²) in [7, 11) is 0. The first-order chi connectivity index (χ1) is 12.6. The zero-order chi connectivity index (χ0) is 18.8. The Morgan fingerprint density at radius 3 is 2.38 bits per heavy atom. The predicted molar refractivity (Wildman–Crippen MR) is 104 cm³/mol. The molecule has 0 aromatic heterocycles. The number of aliphatic hydroxyl groups is 2. The number of hydrogen-bond acceptors (Lipinski definition) is 3. The summed E-state index contributed by atoms with van der Waals surface area (Å²) >= 11 is 0. The summed E-state index contributed by atoms with van der Waals surface area (Å²) in [6, 6.07) is 0. The number of aliphatic hydroxyl groups excluding tert-OH is 2. The molecule has 0 spiro atoms. The zero-order valence-electron chi connectivity index (χ0n) is 16.2. The molecule has 0 aliphatic heterocycles. The van der Waals surface area contributed by atoms with Gasteiger partial charge < -0.3 is 15.3 Å². The van der Waals surface area contributed by atoms with Crippen molar-refractivity contribution in [3.8, 4) is 0 Å². The third-order valence-electron chi connectivity index (χ3n) is 6.44. The standard InChI is InChI=1S/C22H38O4/c23-13-9-5-3-1-2-4-6-11-19-20-15-17(10-7-8-12-22(25)26)14-18(20)16-21(19)24/h10,18-21,23-24H,1-9,11-16H2,(H,25,26)/t18-,19+,20-,21+/m0/s1. The van der Waals surface area contributed by atoms with E-state index in [2.05, 4.69) is 6.08 Å². The Bertz CT molecular complexity index is 445. The van der Waals surface area contributed by atoms with E-state index in [0.717, 1.165) is 51.4 Å². The molecule has 2 aliphatic carbocycles. The Hall–Kier alpha value is -0.870. The number of carboxylic acids is 1. The molecule has 0 unspecified atom stereocenters. The molecule has 2 aliphatic rings. The van der Waals surface area contributed by atoms with Crippen molar-refractivity contribution in [1.82, 2.24) is 0 Å². The summed E-state index contributed by atoms with van der Waals surface area (Å²) < 4.78 is 0. The maximum absolute atomic E-state index is 10.6. The Labute approximate surface area is 158 Å². The van der Waals surface area contributed by atoms with Gasteiger partial charge in [0.1, 0.15) is 0 Å². The molecular weight excluding hydrogens is 328 g/mol. The number of unbranched alkanes of at least 4 members (excludes halogenated alkanes) is 7. The average molecular weight is 367 g/mol. The van der Waals surface area contributed by atoms with Crippen LogP contribution < -0.4 is 0 Å². The second-order valence-electron chi connectivity index (χ2n) is 8.43. The third-order valence-corrected chi connectivity index (χ3v) is 6.44. The van der Waals surface area contributed by atoms with Crippen LogP contribution >= 0.6 is 0 Å². The van der Waals surface area contributed by atoms with Crippen molar-refractivity contribution in [3.63, 3.8) is 0 Å². The highest BCUT2D eigenvalue weighted by Crippen LogP contribution is 2.51. The van der Waals surface area contributed by atoms with Gasteiger partial charge in [-0.05, 0) is 62.7 Å². The average Bonchev–Trinajstić information content (AvgIpc) is 3.11. The van der Waals surface area contributed by atoms with Crippen LogP contribution in [0.4, 0.5) is 0 Å². The van der Waals surface area contributed by atoms with E-state index in [1.165, 1.54) is 37.7 Å². The van der Waals surface area contributed by atoms with Gasteiger partial charge in [0.05, 0.1) is 6.10 Å². The molecule has 0 saturated heterocycles. The van der Waals surface area contributed by atoms with Crippen LogP contribution in [0.1, 0.15) is 89.9 Å². The zero-order valence-corrected chi connectivity index (χ0v) is 16.2. The fraction of sp³-hybridized carbons (Fsp3) is 0.864. The van der Waals surface area contributed by atoms with Crippen molar-refractivity contribution in [3.05, 3.63) is 11.6 Å². The number of carboxylic acid groups (broad SMARTS) is 1. The van der Waals surface area contributed by atoms with Crippen molar-refractivity contribution in [2.75, 3.05) is 6.61 Å². The minimum Gasteiger partial charge on any atom is -0.481 e. The molecule has 3 N–H and O–H groups in total. The van der Waals surface area contributed by atoms with Crippen molar-refractivity contribution in [1.29, 1.82) is 0 Å². The highest BCUT2D eigenvalue weighted by molar-refractivity contribution is 5.66. The van der Waals surface area contributed by atoms with Crippen molar-refractivity contribution >= 4 is 5.97 Å². The lowest BCUT2D eigenvalue weighted by Crippen LogP contribution is -2.19. The maximum Gasteiger partial charge on any atom is 0.303 e. The first kappa shape index (κ1) is 21.4. The second kappa shape index (κ2) is 11.8. The normalized spacial score (nSPS) is 29.4. The number of carbonyl (C=O) groups is 1. The summed E-state index contributed by atoms with van der Waals surface area (Å²) in [5.41, 5.74) is 1.51. The molecule has 0 aromatic carbocycles. The lowest BCUT2D eigenvalue weighted by atomic mass is 9.86. The minimum atomic E-state index is -0.705. The van der Waals surface area contributed by atoms with Gasteiger partial charge in [0, 0.05) is 13.0 Å². The number of aliphatic carboxylic acids is 1. The van der Waals surface area contributed by atoms with Gasteiger partial charge >= 0.3 is 5.97 Å². The molecule has 0 radical (unpaired) electrons. The van der Waals surface area contributed by atoms with E-state index in [4.69, 9.17) is 10.2 Å². The van der Waals surface area contributed by atoms with Gasteiger partial charge in [-0.3, -0.25) is 4.79 Å². The van der Waals surface area contributed by atoms with Crippen LogP contribution in [0.3, 0.4) is 0 Å². The van der Waals surface area contributed by atoms with Crippen LogP contribution in [0.5, 0.6) is 0 Å². The summed E-state index contributed by atoms with van der Waals surface area (Å²) in [6.45, 7) is 0.318. The van der Waals surface area contributed by atoms with Gasteiger partial charge in [-0.1, -0.05) is 50.2 Å². The minimum absolute atomic E-state index is 0.108. The summed E-state index contributed by atoms with van der Waals surface area (Å²) in [5, 5.41) is 27.9. The van der Waals surface area contributed by atoms with Crippen LogP contribution in [0, 0.1) is 17.8 Å². The molecule has 0 heterocycles. The van der Waals surface area contributed by atoms with E-state index in [0.29, 0.717) is 24.4 Å². The smallest absolute Gasteiger partial charge is 0.303 e. The third kappa shape index (κ3) is 7.03. The van der Waals surface area contributed by atoms with Crippen molar-refractivity contribution in [2.24, 2.45) is 17.8 Å². The van der Waals surface area contributed by atoms with E-state index in [1.807, 2.05) is 0 Å². The van der Waals surface area contributed by atoms with E-state index in [-0.39, 0.29) is 12.5 Å². The van der Waals surface area contributed by atoms with Gasteiger partial charge in [-0.2, -0.15) is 0 Å². The monoisotopic (exact) mass is 366 g/mol. The van der Waals surface area contributed by atoms with Crippen LogP contribution in [-0.2, 0) is 4.79 Å². The number of allylic oxidation sites excluding steroid dienone is 2. The van der Waals surface area contributed by atoms with Crippen molar-refractivity contribution < 1.29 is 20.1 Å². The Morgan fingerprint density at radius 1 is 1.00 bits per heavy atom. The lowest BCUT2D eigenvalue weighted by molar-refractivity contribution is -0.137. The van der Waals surface area contributed by atoms with E-state index in [1.54, 1.807) is 0 Å². The first-order valence-electron chi connectivity index (χ1n) is 10.8. The number of rotatable bonds is 13. The van der Waals surface area contributed by atoms with Gasteiger partial charge in [-0.15, -0.1) is 0 Å². The molecule has 26 heavy (non-hydrogen) atoms. The van der Waals surface area contributed by atoms with Gasteiger partial charge in [0.2, 0.25) is 0 Å². The molecule has 2 rings (SSSR count). The van der Waals surface area contributed by atoms with Crippen LogP contribution in [0.25, 0.3) is 0 Å². The van der Waals surface area contributed by atoms with E-state index < -0.39 is 5.97 Å². The molecular formula is C22H38O4. The Morgan fingerprint density at radius 2 is 1.69 bits per heavy atom. The molecule has 150 valence electrons. The van der Waals surface area contributed by atoms with E-state index >= 15 is 0 Å². The molecule has 0 bridgehead atoms. The summed E-state index contributed by atoms with van der Waals surface area (Å²) in [5.74, 6) is 1.07. The van der Waals surface area contributed by atoms with Crippen LogP contribution in [0.15, 0.2) is 11.6 Å². The summed E-state index contributed by atoms with van der Waals surface area (Å²) in [6.07, 6.45) is 16.7. The number of fused-ring (bicyclic) bond motifs is 1. The Balaban J connectivity index is 1.63. The molecule has 2 fully saturated rings. The molecule has 4 nitrogen and oxygen atoms in total.